The van der Waals surface area contributed by atoms with E-state index in [9.17, 15) is 0 Å². The van der Waals surface area contributed by atoms with Crippen molar-refractivity contribution in [1.82, 2.24) is 15.0 Å². The van der Waals surface area contributed by atoms with Gasteiger partial charge in [0.2, 0.25) is 0 Å². The highest BCUT2D eigenvalue weighted by Crippen LogP contribution is 2.41. The third-order valence-corrected chi connectivity index (χ3v) is 12.3. The minimum Gasteiger partial charge on any atom is -0.456 e. The minimum atomic E-state index is 0.605. The Morgan fingerprint density at radius 2 is 0.875 bits per heavy atom. The van der Waals surface area contributed by atoms with Crippen molar-refractivity contribution in [3.63, 3.8) is 0 Å². The van der Waals surface area contributed by atoms with Gasteiger partial charge in [-0.2, -0.15) is 0 Å². The molecule has 0 aliphatic rings. The second kappa shape index (κ2) is 12.2. The summed E-state index contributed by atoms with van der Waals surface area (Å²) in [5.41, 5.74) is 6.67. The Labute approximate surface area is 325 Å². The lowest BCUT2D eigenvalue weighted by molar-refractivity contribution is 0.669. The Balaban J connectivity index is 1.05. The van der Waals surface area contributed by atoms with Crippen LogP contribution in [0.5, 0.6) is 0 Å². The first kappa shape index (κ1) is 31.2. The molecule has 0 atom stereocenters. The number of hydrogen-bond donors (Lipinski definition) is 0. The van der Waals surface area contributed by atoms with E-state index < -0.39 is 0 Å². The molecule has 0 saturated carbocycles. The number of aromatic nitrogens is 3. The minimum absolute atomic E-state index is 0.605. The van der Waals surface area contributed by atoms with E-state index in [1.54, 1.807) is 11.3 Å². The van der Waals surface area contributed by atoms with Gasteiger partial charge in [0.15, 0.2) is 17.5 Å². The van der Waals surface area contributed by atoms with E-state index in [-0.39, 0.29) is 0 Å². The Kier molecular flexibility index (Phi) is 6.76. The SMILES string of the molecule is c1ccc(-c2nc(-c3ccc4c(c3)sc3ccccc34)nc(-c3cccc4oc5ccc(-c6ccc7c8ccccc8c8ccccc8c7c6)cc5c34)n2)cc1. The third kappa shape index (κ3) is 4.81. The summed E-state index contributed by atoms with van der Waals surface area (Å²) in [4.78, 5) is 15.4. The molecule has 0 saturated heterocycles. The molecule has 0 spiro atoms. The van der Waals surface area contributed by atoms with Crippen LogP contribution in [0.15, 0.2) is 180 Å². The first-order chi connectivity index (χ1) is 27.7. The first-order valence-electron chi connectivity index (χ1n) is 18.8. The molecule has 56 heavy (non-hydrogen) atoms. The maximum Gasteiger partial charge on any atom is 0.164 e. The monoisotopic (exact) mass is 731 g/mol. The fourth-order valence-electron chi connectivity index (χ4n) is 8.49. The van der Waals surface area contributed by atoms with Gasteiger partial charge >= 0.3 is 0 Å². The summed E-state index contributed by atoms with van der Waals surface area (Å²) in [5, 5.41) is 12.1. The summed E-state index contributed by atoms with van der Waals surface area (Å²) in [7, 11) is 0. The molecule has 0 bridgehead atoms. The fraction of sp³-hybridized carbons (Fsp3) is 0. The number of fused-ring (bicyclic) bond motifs is 12. The van der Waals surface area contributed by atoms with Crippen molar-refractivity contribution in [3.8, 4) is 45.3 Å². The van der Waals surface area contributed by atoms with E-state index in [0.29, 0.717) is 17.5 Å². The van der Waals surface area contributed by atoms with E-state index in [1.165, 1.54) is 52.5 Å². The molecule has 0 aliphatic carbocycles. The van der Waals surface area contributed by atoms with Gasteiger partial charge in [-0.25, -0.2) is 15.0 Å². The van der Waals surface area contributed by atoms with Crippen molar-refractivity contribution in [2.45, 2.75) is 0 Å². The van der Waals surface area contributed by atoms with E-state index in [2.05, 4.69) is 133 Å². The van der Waals surface area contributed by atoms with E-state index in [1.807, 2.05) is 42.5 Å². The molecule has 0 unspecified atom stereocenters. The van der Waals surface area contributed by atoms with Crippen LogP contribution in [0.3, 0.4) is 0 Å². The molecule has 0 fully saturated rings. The van der Waals surface area contributed by atoms with Crippen LogP contribution in [0.25, 0.3) is 120 Å². The number of nitrogens with zero attached hydrogens (tertiary/aromatic N) is 3. The number of rotatable bonds is 4. The van der Waals surface area contributed by atoms with Crippen molar-refractivity contribution < 1.29 is 4.42 Å². The lowest BCUT2D eigenvalue weighted by Crippen LogP contribution is -2.00. The zero-order valence-corrected chi connectivity index (χ0v) is 30.7. The van der Waals surface area contributed by atoms with Crippen LogP contribution in [0.1, 0.15) is 0 Å². The maximum absolute atomic E-state index is 6.52. The van der Waals surface area contributed by atoms with Crippen LogP contribution in [-0.2, 0) is 0 Å². The van der Waals surface area contributed by atoms with E-state index in [0.717, 1.165) is 49.8 Å². The zero-order chi connectivity index (χ0) is 36.7. The Hall–Kier alpha value is -7.21. The summed E-state index contributed by atoms with van der Waals surface area (Å²) in [6.45, 7) is 0. The highest BCUT2D eigenvalue weighted by Gasteiger charge is 2.19. The molecular weight excluding hydrogens is 703 g/mol. The quantitative estimate of drug-likeness (QED) is 0.169. The second-order valence-corrected chi connectivity index (χ2v) is 15.4. The molecule has 0 radical (unpaired) electrons. The number of benzene rings is 9. The molecule has 260 valence electrons. The lowest BCUT2D eigenvalue weighted by atomic mass is 9.92. The predicted molar refractivity (Wildman–Crippen MR) is 234 cm³/mol. The standard InChI is InChI=1S/C51H29N3OS/c1-2-11-30(12-3-1)49-52-50(33-22-25-40-39-17-8-9-20-46(39)56-47(40)29-33)54-51(53-49)41-18-10-19-45-48(41)43-28-32(23-26-44(43)55-45)31-21-24-38-36-15-5-4-13-34(36)35-14-6-7-16-37(35)42(38)27-31/h1-29H. The van der Waals surface area contributed by atoms with Gasteiger partial charge < -0.3 is 4.42 Å². The van der Waals surface area contributed by atoms with Crippen molar-refractivity contribution in [3.05, 3.63) is 176 Å². The summed E-state index contributed by atoms with van der Waals surface area (Å²) < 4.78 is 8.99. The maximum atomic E-state index is 6.52. The zero-order valence-electron chi connectivity index (χ0n) is 29.9. The molecule has 3 heterocycles. The van der Waals surface area contributed by atoms with Gasteiger partial charge in [0.25, 0.3) is 0 Å². The van der Waals surface area contributed by atoms with E-state index >= 15 is 0 Å². The highest BCUT2D eigenvalue weighted by atomic mass is 32.1. The summed E-state index contributed by atoms with van der Waals surface area (Å²) in [5.74, 6) is 1.87. The molecule has 5 heteroatoms. The highest BCUT2D eigenvalue weighted by molar-refractivity contribution is 7.25. The number of hydrogen-bond acceptors (Lipinski definition) is 5. The topological polar surface area (TPSA) is 51.8 Å². The second-order valence-electron chi connectivity index (χ2n) is 14.3. The van der Waals surface area contributed by atoms with E-state index in [4.69, 9.17) is 19.4 Å². The summed E-state index contributed by atoms with van der Waals surface area (Å²) in [6.07, 6.45) is 0. The van der Waals surface area contributed by atoms with Gasteiger partial charge in [-0.3, -0.25) is 0 Å². The Bertz CT molecular complexity index is 3510. The normalized spacial score (nSPS) is 11.9. The van der Waals surface area contributed by atoms with Crippen LogP contribution < -0.4 is 0 Å². The summed E-state index contributed by atoms with van der Waals surface area (Å²) in [6, 6.07) is 62.2. The van der Waals surface area contributed by atoms with Crippen molar-refractivity contribution in [1.29, 1.82) is 0 Å². The molecule has 12 aromatic rings. The molecule has 0 N–H and O–H groups in total. The van der Waals surface area contributed by atoms with Crippen LogP contribution in [-0.4, -0.2) is 15.0 Å². The number of furan rings is 1. The molecule has 0 amide bonds. The van der Waals surface area contributed by atoms with Gasteiger partial charge in [0, 0.05) is 47.6 Å². The molecule has 4 nitrogen and oxygen atoms in total. The molecular formula is C51H29N3OS. The van der Waals surface area contributed by atoms with Gasteiger partial charge in [-0.1, -0.05) is 140 Å². The van der Waals surface area contributed by atoms with Crippen LogP contribution in [0.2, 0.25) is 0 Å². The lowest BCUT2D eigenvalue weighted by Gasteiger charge is -2.12. The molecule has 3 aromatic heterocycles. The van der Waals surface area contributed by atoms with Crippen LogP contribution in [0.4, 0.5) is 0 Å². The smallest absolute Gasteiger partial charge is 0.164 e. The van der Waals surface area contributed by atoms with Crippen LogP contribution >= 0.6 is 11.3 Å². The fourth-order valence-corrected chi connectivity index (χ4v) is 9.63. The third-order valence-electron chi connectivity index (χ3n) is 11.1. The van der Waals surface area contributed by atoms with Crippen LogP contribution in [0, 0.1) is 0 Å². The first-order valence-corrected chi connectivity index (χ1v) is 19.6. The number of thiophene rings is 1. The van der Waals surface area contributed by atoms with Crippen molar-refractivity contribution in [2.24, 2.45) is 0 Å². The molecule has 9 aromatic carbocycles. The van der Waals surface area contributed by atoms with Gasteiger partial charge in [-0.15, -0.1) is 11.3 Å². The van der Waals surface area contributed by atoms with Gasteiger partial charge in [0.1, 0.15) is 11.2 Å². The molecule has 12 rings (SSSR count). The average molecular weight is 732 g/mol. The Morgan fingerprint density at radius 1 is 0.321 bits per heavy atom. The largest absolute Gasteiger partial charge is 0.456 e. The Morgan fingerprint density at radius 3 is 1.64 bits per heavy atom. The predicted octanol–water partition coefficient (Wildman–Crippen LogP) is 14.3. The van der Waals surface area contributed by atoms with Crippen molar-refractivity contribution in [2.75, 3.05) is 0 Å². The van der Waals surface area contributed by atoms with Gasteiger partial charge in [0.05, 0.1) is 0 Å². The summed E-state index contributed by atoms with van der Waals surface area (Å²) >= 11 is 1.79. The van der Waals surface area contributed by atoms with Gasteiger partial charge in [-0.05, 0) is 79.8 Å². The molecule has 0 aliphatic heterocycles. The average Bonchev–Trinajstić information content (AvgIpc) is 3.84. The van der Waals surface area contributed by atoms with Crippen molar-refractivity contribution >= 4 is 85.8 Å².